The Balaban J connectivity index is 2.77. The fraction of sp³-hybridized carbons (Fsp3) is 0.400. The number of hydrogen-bond donors (Lipinski definition) is 0. The molecule has 0 saturated heterocycles. The standard InChI is InChI=1S/C15H18Cl3NO2/c1-4-21-14(20)19(3)10-12-6-5-7-13(8-12)11(2)9-15(16,17)18/h5-8H,2,4,9-10H2,1,3H3. The molecule has 0 bridgehead atoms. The van der Waals surface area contributed by atoms with Gasteiger partial charge in [0.15, 0.2) is 3.79 Å². The van der Waals surface area contributed by atoms with E-state index in [1.807, 2.05) is 24.3 Å². The highest BCUT2D eigenvalue weighted by Gasteiger charge is 2.21. The fourth-order valence-electron chi connectivity index (χ4n) is 1.81. The van der Waals surface area contributed by atoms with Crippen LogP contribution in [0.4, 0.5) is 4.79 Å². The minimum atomic E-state index is -1.37. The Kier molecular flexibility index (Phi) is 6.85. The van der Waals surface area contributed by atoms with Gasteiger partial charge in [0.1, 0.15) is 0 Å². The molecule has 0 radical (unpaired) electrons. The summed E-state index contributed by atoms with van der Waals surface area (Å²) in [6, 6.07) is 7.62. The van der Waals surface area contributed by atoms with Gasteiger partial charge in [-0.25, -0.2) is 4.79 Å². The first-order valence-electron chi connectivity index (χ1n) is 6.44. The van der Waals surface area contributed by atoms with Gasteiger partial charge in [0.25, 0.3) is 0 Å². The van der Waals surface area contributed by atoms with Crippen LogP contribution in [0.2, 0.25) is 0 Å². The van der Waals surface area contributed by atoms with Gasteiger partial charge >= 0.3 is 6.09 Å². The van der Waals surface area contributed by atoms with E-state index in [-0.39, 0.29) is 12.5 Å². The second kappa shape index (κ2) is 7.92. The Hall–Kier alpha value is -0.900. The maximum Gasteiger partial charge on any atom is 0.409 e. The second-order valence-corrected chi connectivity index (χ2v) is 7.17. The topological polar surface area (TPSA) is 29.5 Å². The van der Waals surface area contributed by atoms with E-state index < -0.39 is 3.79 Å². The third kappa shape index (κ3) is 6.60. The molecule has 1 rings (SSSR count). The molecule has 1 aromatic carbocycles. The van der Waals surface area contributed by atoms with Crippen LogP contribution in [0.5, 0.6) is 0 Å². The molecule has 3 nitrogen and oxygen atoms in total. The molecule has 116 valence electrons. The van der Waals surface area contributed by atoms with Gasteiger partial charge < -0.3 is 9.64 Å². The number of hydrogen-bond acceptors (Lipinski definition) is 2. The molecule has 0 aliphatic heterocycles. The number of rotatable bonds is 5. The van der Waals surface area contributed by atoms with Gasteiger partial charge in [0.05, 0.1) is 6.61 Å². The van der Waals surface area contributed by atoms with Crippen molar-refractivity contribution in [2.45, 2.75) is 23.7 Å². The van der Waals surface area contributed by atoms with Crippen LogP contribution in [0.15, 0.2) is 30.8 Å². The van der Waals surface area contributed by atoms with Gasteiger partial charge in [-0.3, -0.25) is 0 Å². The van der Waals surface area contributed by atoms with Gasteiger partial charge in [-0.2, -0.15) is 0 Å². The average Bonchev–Trinajstić information content (AvgIpc) is 2.37. The predicted octanol–water partition coefficient (Wildman–Crippen LogP) is 5.05. The number of benzene rings is 1. The van der Waals surface area contributed by atoms with Crippen LogP contribution in [0, 0.1) is 0 Å². The van der Waals surface area contributed by atoms with Crippen molar-refractivity contribution in [3.8, 4) is 0 Å². The van der Waals surface area contributed by atoms with Crippen molar-refractivity contribution in [3.63, 3.8) is 0 Å². The summed E-state index contributed by atoms with van der Waals surface area (Å²) in [5.41, 5.74) is 2.57. The molecule has 6 heteroatoms. The molecule has 0 aromatic heterocycles. The zero-order chi connectivity index (χ0) is 16.0. The van der Waals surface area contributed by atoms with Crippen LogP contribution in [-0.2, 0) is 11.3 Å². The molecular weight excluding hydrogens is 333 g/mol. The van der Waals surface area contributed by atoms with Crippen LogP contribution in [-0.4, -0.2) is 28.4 Å². The summed E-state index contributed by atoms with van der Waals surface area (Å²) in [6.45, 7) is 6.50. The first kappa shape index (κ1) is 18.1. The van der Waals surface area contributed by atoms with Gasteiger partial charge in [0, 0.05) is 20.0 Å². The summed E-state index contributed by atoms with van der Waals surface area (Å²) < 4.78 is 3.57. The number of halogens is 3. The quantitative estimate of drug-likeness (QED) is 0.696. The number of amides is 1. The van der Waals surface area contributed by atoms with Gasteiger partial charge in [-0.05, 0) is 29.7 Å². The van der Waals surface area contributed by atoms with Gasteiger partial charge in [0.2, 0.25) is 0 Å². The Labute approximate surface area is 140 Å². The molecule has 21 heavy (non-hydrogen) atoms. The molecule has 0 atom stereocenters. The Bertz CT molecular complexity index is 512. The zero-order valence-corrected chi connectivity index (χ0v) is 14.3. The largest absolute Gasteiger partial charge is 0.450 e. The van der Waals surface area contributed by atoms with E-state index in [1.54, 1.807) is 14.0 Å². The van der Waals surface area contributed by atoms with Crippen molar-refractivity contribution < 1.29 is 9.53 Å². The lowest BCUT2D eigenvalue weighted by Gasteiger charge is -2.18. The molecule has 0 unspecified atom stereocenters. The second-order valence-electron chi connectivity index (χ2n) is 4.65. The number of carbonyl (C=O) groups excluding carboxylic acids is 1. The summed E-state index contributed by atoms with van der Waals surface area (Å²) in [5.74, 6) is 0. The van der Waals surface area contributed by atoms with Crippen molar-refractivity contribution in [2.24, 2.45) is 0 Å². The van der Waals surface area contributed by atoms with Crippen molar-refractivity contribution >= 4 is 46.5 Å². The first-order chi connectivity index (χ1) is 9.73. The van der Waals surface area contributed by atoms with E-state index in [2.05, 4.69) is 6.58 Å². The Morgan fingerprint density at radius 2 is 2.05 bits per heavy atom. The van der Waals surface area contributed by atoms with Gasteiger partial charge in [-0.1, -0.05) is 59.6 Å². The van der Waals surface area contributed by atoms with E-state index in [0.29, 0.717) is 13.2 Å². The normalized spacial score (nSPS) is 11.1. The Morgan fingerprint density at radius 1 is 1.38 bits per heavy atom. The third-order valence-corrected chi connectivity index (χ3v) is 3.15. The van der Waals surface area contributed by atoms with Crippen LogP contribution >= 0.6 is 34.8 Å². The van der Waals surface area contributed by atoms with E-state index in [4.69, 9.17) is 39.5 Å². The van der Waals surface area contributed by atoms with Gasteiger partial charge in [-0.15, -0.1) is 0 Å². The van der Waals surface area contributed by atoms with Crippen molar-refractivity contribution in [2.75, 3.05) is 13.7 Å². The lowest BCUT2D eigenvalue weighted by molar-refractivity contribution is 0.114. The molecule has 0 fully saturated rings. The zero-order valence-electron chi connectivity index (χ0n) is 12.0. The molecule has 0 aliphatic rings. The van der Waals surface area contributed by atoms with Crippen LogP contribution < -0.4 is 0 Å². The number of ether oxygens (including phenoxy) is 1. The van der Waals surface area contributed by atoms with E-state index in [1.165, 1.54) is 4.90 Å². The summed E-state index contributed by atoms with van der Waals surface area (Å²) in [5, 5.41) is 0. The fourth-order valence-corrected chi connectivity index (χ4v) is 2.29. The maximum atomic E-state index is 11.6. The van der Waals surface area contributed by atoms with Crippen LogP contribution in [0.1, 0.15) is 24.5 Å². The maximum absolute atomic E-state index is 11.6. The molecule has 0 saturated carbocycles. The molecular formula is C15H18Cl3NO2. The van der Waals surface area contributed by atoms with Crippen LogP contribution in [0.25, 0.3) is 5.57 Å². The number of allylic oxidation sites excluding steroid dienone is 1. The summed E-state index contributed by atoms with van der Waals surface area (Å²) >= 11 is 17.3. The number of nitrogens with zero attached hydrogens (tertiary/aromatic N) is 1. The lowest BCUT2D eigenvalue weighted by Crippen LogP contribution is -2.26. The lowest BCUT2D eigenvalue weighted by atomic mass is 10.0. The van der Waals surface area contributed by atoms with Crippen LogP contribution in [0.3, 0.4) is 0 Å². The molecule has 0 spiro atoms. The monoisotopic (exact) mass is 349 g/mol. The Morgan fingerprint density at radius 3 is 2.62 bits per heavy atom. The smallest absolute Gasteiger partial charge is 0.409 e. The van der Waals surface area contributed by atoms with E-state index in [9.17, 15) is 4.79 Å². The highest BCUT2D eigenvalue weighted by Crippen LogP contribution is 2.36. The number of alkyl halides is 3. The number of carbonyl (C=O) groups is 1. The van der Waals surface area contributed by atoms with Crippen molar-refractivity contribution in [1.29, 1.82) is 0 Å². The molecule has 0 heterocycles. The highest BCUT2D eigenvalue weighted by molar-refractivity contribution is 6.67. The summed E-state index contributed by atoms with van der Waals surface area (Å²) in [4.78, 5) is 13.1. The SMILES string of the molecule is C=C(CC(Cl)(Cl)Cl)c1cccc(CN(C)C(=O)OCC)c1. The third-order valence-electron chi connectivity index (χ3n) is 2.75. The minimum absolute atomic E-state index is 0.245. The van der Waals surface area contributed by atoms with E-state index in [0.717, 1.165) is 16.7 Å². The van der Waals surface area contributed by atoms with Crippen molar-refractivity contribution in [1.82, 2.24) is 4.90 Å². The molecule has 0 N–H and O–H groups in total. The predicted molar refractivity (Wildman–Crippen MR) is 88.9 cm³/mol. The minimum Gasteiger partial charge on any atom is -0.450 e. The highest BCUT2D eigenvalue weighted by atomic mass is 35.6. The average molecular weight is 351 g/mol. The summed E-state index contributed by atoms with van der Waals surface area (Å²) in [6.07, 6.45) is -0.113. The summed E-state index contributed by atoms with van der Waals surface area (Å²) in [7, 11) is 1.68. The molecule has 1 amide bonds. The molecule has 0 aliphatic carbocycles. The van der Waals surface area contributed by atoms with Crippen molar-refractivity contribution in [3.05, 3.63) is 42.0 Å². The first-order valence-corrected chi connectivity index (χ1v) is 7.58. The van der Waals surface area contributed by atoms with E-state index >= 15 is 0 Å². The molecule has 1 aromatic rings.